The highest BCUT2D eigenvalue weighted by Crippen LogP contribution is 2.19. The second kappa shape index (κ2) is 7.00. The van der Waals surface area contributed by atoms with Crippen LogP contribution in [0.5, 0.6) is 0 Å². The number of hydrogen-bond donors (Lipinski definition) is 1. The van der Waals surface area contributed by atoms with E-state index >= 15 is 0 Å². The van der Waals surface area contributed by atoms with Crippen molar-refractivity contribution in [2.75, 3.05) is 0 Å². The molecule has 0 unspecified atom stereocenters. The average molecular weight is 383 g/mol. The third kappa shape index (κ3) is 3.64. The number of nitrogens with zero attached hydrogens (tertiary/aromatic N) is 2. The summed E-state index contributed by atoms with van der Waals surface area (Å²) in [6, 6.07) is 12.6. The van der Waals surface area contributed by atoms with Crippen LogP contribution < -0.4 is 4.72 Å². The van der Waals surface area contributed by atoms with Crippen molar-refractivity contribution in [2.24, 2.45) is 0 Å². The highest BCUT2D eigenvalue weighted by Gasteiger charge is 2.23. The van der Waals surface area contributed by atoms with Crippen molar-refractivity contribution in [2.45, 2.75) is 32.6 Å². The van der Waals surface area contributed by atoms with Gasteiger partial charge >= 0.3 is 0 Å². The number of benzene rings is 2. The Labute approximate surface area is 158 Å². The summed E-state index contributed by atoms with van der Waals surface area (Å²) in [6.45, 7) is 7.26. The van der Waals surface area contributed by atoms with Crippen LogP contribution in [0.1, 0.15) is 32.7 Å². The second-order valence-electron chi connectivity index (χ2n) is 6.55. The van der Waals surface area contributed by atoms with Gasteiger partial charge in [0, 0.05) is 0 Å². The molecule has 0 spiro atoms. The van der Waals surface area contributed by atoms with Gasteiger partial charge in [-0.2, -0.15) is 5.10 Å². The van der Waals surface area contributed by atoms with Crippen molar-refractivity contribution in [3.05, 3.63) is 76.6 Å². The van der Waals surface area contributed by atoms with Gasteiger partial charge in [-0.15, -0.1) is 0 Å². The fourth-order valence-electron chi connectivity index (χ4n) is 3.01. The summed E-state index contributed by atoms with van der Waals surface area (Å²) < 4.78 is 29.0. The lowest BCUT2D eigenvalue weighted by molar-refractivity contribution is 0.0981. The monoisotopic (exact) mass is 383 g/mol. The lowest BCUT2D eigenvalue weighted by Crippen LogP contribution is -2.31. The average Bonchev–Trinajstić information content (AvgIpc) is 2.96. The number of aryl methyl sites for hydroxylation is 3. The number of para-hydroxylation sites is 1. The predicted octanol–water partition coefficient (Wildman–Crippen LogP) is 3.22. The molecule has 0 saturated heterocycles. The third-order valence-corrected chi connectivity index (χ3v) is 5.94. The molecule has 0 aliphatic carbocycles. The smallest absolute Gasteiger partial charge is 0.268 e. The Balaban J connectivity index is 1.92. The van der Waals surface area contributed by atoms with Crippen molar-refractivity contribution in [3.63, 3.8) is 0 Å². The van der Waals surface area contributed by atoms with Crippen LogP contribution in [0.3, 0.4) is 0 Å². The van der Waals surface area contributed by atoms with Crippen LogP contribution >= 0.6 is 0 Å². The van der Waals surface area contributed by atoms with Crippen LogP contribution in [0.25, 0.3) is 5.69 Å². The molecule has 0 aliphatic heterocycles. The van der Waals surface area contributed by atoms with Crippen LogP contribution in [0.4, 0.5) is 0 Å². The van der Waals surface area contributed by atoms with E-state index in [4.69, 9.17) is 0 Å². The summed E-state index contributed by atoms with van der Waals surface area (Å²) in [5.74, 6) is -0.702. The molecular formula is C20H21N3O3S. The van der Waals surface area contributed by atoms with E-state index in [9.17, 15) is 13.2 Å². The first-order valence-corrected chi connectivity index (χ1v) is 9.94. The number of rotatable bonds is 4. The number of carbonyl (C=O) groups excluding carboxylic acids is 1. The fourth-order valence-corrected chi connectivity index (χ4v) is 4.20. The first-order valence-electron chi connectivity index (χ1n) is 8.46. The quantitative estimate of drug-likeness (QED) is 0.750. The van der Waals surface area contributed by atoms with E-state index in [2.05, 4.69) is 9.82 Å². The van der Waals surface area contributed by atoms with Gasteiger partial charge in [0.25, 0.3) is 15.9 Å². The van der Waals surface area contributed by atoms with Gasteiger partial charge in [0.15, 0.2) is 0 Å². The molecule has 140 valence electrons. The summed E-state index contributed by atoms with van der Waals surface area (Å²) in [5, 5.41) is 4.26. The zero-order valence-corrected chi connectivity index (χ0v) is 16.5. The fraction of sp³-hybridized carbons (Fsp3) is 0.200. The number of hydrogen-bond acceptors (Lipinski definition) is 4. The molecule has 6 nitrogen and oxygen atoms in total. The number of amides is 1. The van der Waals surface area contributed by atoms with E-state index in [1.807, 2.05) is 38.1 Å². The topological polar surface area (TPSA) is 81.1 Å². The Morgan fingerprint density at radius 2 is 1.70 bits per heavy atom. The molecule has 0 atom stereocenters. The Hall–Kier alpha value is -2.93. The van der Waals surface area contributed by atoms with Crippen molar-refractivity contribution in [1.82, 2.24) is 14.5 Å². The van der Waals surface area contributed by atoms with E-state index in [0.29, 0.717) is 11.3 Å². The zero-order valence-electron chi connectivity index (χ0n) is 15.6. The molecule has 0 bridgehead atoms. The normalized spacial score (nSPS) is 11.4. The Morgan fingerprint density at radius 1 is 1.00 bits per heavy atom. The van der Waals surface area contributed by atoms with Crippen molar-refractivity contribution >= 4 is 15.9 Å². The first kappa shape index (κ1) is 18.8. The minimum atomic E-state index is -3.97. The highest BCUT2D eigenvalue weighted by molar-refractivity contribution is 7.90. The summed E-state index contributed by atoms with van der Waals surface area (Å²) in [4.78, 5) is 12.7. The first-order chi connectivity index (χ1) is 12.7. The van der Waals surface area contributed by atoms with E-state index in [1.54, 1.807) is 30.7 Å². The standard InChI is InChI=1S/C20H21N3O3S/c1-13-9-10-19(15(3)11-13)27(25,26)22-20(24)17-12-21-23(16(17)4)18-8-6-5-7-14(18)2/h5-12H,1-4H3,(H,22,24). The van der Waals surface area contributed by atoms with Gasteiger partial charge in [0.05, 0.1) is 28.0 Å². The summed E-state index contributed by atoms with van der Waals surface area (Å²) in [7, 11) is -3.97. The van der Waals surface area contributed by atoms with Crippen LogP contribution in [-0.4, -0.2) is 24.1 Å². The molecule has 2 aromatic carbocycles. The van der Waals surface area contributed by atoms with Crippen molar-refractivity contribution in [1.29, 1.82) is 0 Å². The molecule has 1 amide bonds. The van der Waals surface area contributed by atoms with Gasteiger partial charge in [0.1, 0.15) is 0 Å². The molecule has 3 aromatic rings. The van der Waals surface area contributed by atoms with Crippen LogP contribution in [0, 0.1) is 27.7 Å². The molecule has 1 aromatic heterocycles. The summed E-state index contributed by atoms with van der Waals surface area (Å²) in [5.41, 5.74) is 4.16. The van der Waals surface area contributed by atoms with Gasteiger partial charge in [-0.25, -0.2) is 17.8 Å². The molecule has 0 aliphatic rings. The maximum Gasteiger partial charge on any atom is 0.268 e. The van der Waals surface area contributed by atoms with E-state index < -0.39 is 15.9 Å². The lowest BCUT2D eigenvalue weighted by Gasteiger charge is -2.11. The molecule has 0 radical (unpaired) electrons. The maximum absolute atomic E-state index is 12.6. The van der Waals surface area contributed by atoms with Crippen molar-refractivity contribution in [3.8, 4) is 5.69 Å². The molecule has 0 fully saturated rings. The molecule has 1 heterocycles. The Kier molecular flexibility index (Phi) is 4.89. The van der Waals surface area contributed by atoms with Crippen LogP contribution in [0.2, 0.25) is 0 Å². The van der Waals surface area contributed by atoms with Crippen LogP contribution in [0.15, 0.2) is 53.6 Å². The molecule has 27 heavy (non-hydrogen) atoms. The van der Waals surface area contributed by atoms with E-state index in [1.165, 1.54) is 12.3 Å². The van der Waals surface area contributed by atoms with E-state index in [0.717, 1.165) is 16.8 Å². The van der Waals surface area contributed by atoms with Crippen molar-refractivity contribution < 1.29 is 13.2 Å². The highest BCUT2D eigenvalue weighted by atomic mass is 32.2. The lowest BCUT2D eigenvalue weighted by atomic mass is 10.2. The minimum Gasteiger partial charge on any atom is -0.268 e. The van der Waals surface area contributed by atoms with Gasteiger partial charge in [-0.3, -0.25) is 4.79 Å². The molecule has 1 N–H and O–H groups in total. The Bertz CT molecular complexity index is 1130. The number of carbonyl (C=O) groups is 1. The summed E-state index contributed by atoms with van der Waals surface area (Å²) in [6.07, 6.45) is 1.38. The molecule has 7 heteroatoms. The predicted molar refractivity (Wildman–Crippen MR) is 104 cm³/mol. The molecule has 3 rings (SSSR count). The number of aromatic nitrogens is 2. The van der Waals surface area contributed by atoms with Gasteiger partial charge in [-0.05, 0) is 51.0 Å². The van der Waals surface area contributed by atoms with E-state index in [-0.39, 0.29) is 10.5 Å². The van der Waals surface area contributed by atoms with Gasteiger partial charge in [-0.1, -0.05) is 35.9 Å². The minimum absolute atomic E-state index is 0.0883. The van der Waals surface area contributed by atoms with Gasteiger partial charge < -0.3 is 0 Å². The molecule has 0 saturated carbocycles. The summed E-state index contributed by atoms with van der Waals surface area (Å²) >= 11 is 0. The third-order valence-electron chi connectivity index (χ3n) is 4.45. The maximum atomic E-state index is 12.6. The van der Waals surface area contributed by atoms with Gasteiger partial charge in [0.2, 0.25) is 0 Å². The van der Waals surface area contributed by atoms with Crippen LogP contribution in [-0.2, 0) is 10.0 Å². The zero-order chi connectivity index (χ0) is 19.8. The SMILES string of the molecule is Cc1ccc(S(=O)(=O)NC(=O)c2cnn(-c3ccccc3C)c2C)c(C)c1. The number of nitrogens with one attached hydrogen (secondary N) is 1. The molecular weight excluding hydrogens is 362 g/mol. The Morgan fingerprint density at radius 3 is 2.37 bits per heavy atom. The second-order valence-corrected chi connectivity index (χ2v) is 8.20. The number of sulfonamides is 1. The largest absolute Gasteiger partial charge is 0.268 e.